The number of hydrogen-bond acceptors (Lipinski definition) is 3. The van der Waals surface area contributed by atoms with E-state index in [0.717, 1.165) is 31.3 Å². The van der Waals surface area contributed by atoms with Gasteiger partial charge in [-0.1, -0.05) is 20.4 Å². The van der Waals surface area contributed by atoms with Crippen LogP contribution in [-0.4, -0.2) is 17.9 Å². The van der Waals surface area contributed by atoms with Crippen LogP contribution >= 0.6 is 0 Å². The average Bonchev–Trinajstić information content (AvgIpc) is 2.66. The maximum Gasteiger partial charge on any atom is 0.309 e. The molecule has 0 N–H and O–H groups in total. The standard InChI is InChI=1S/C16H22O3/c1-4-10-11-7-12-9(2)13(17)5-6-16(12,3)8-14(11)19-15(10)18/h10-12,14H,2,4-8H2,1,3H3/t10-,11+,12-,14+,16+/m0/s1. The number of fused-ring (bicyclic) bond motifs is 2. The molecule has 1 aliphatic heterocycles. The Hall–Kier alpha value is -1.12. The Morgan fingerprint density at radius 1 is 1.42 bits per heavy atom. The fourth-order valence-corrected chi connectivity index (χ4v) is 4.49. The highest BCUT2D eigenvalue weighted by Crippen LogP contribution is 2.56. The van der Waals surface area contributed by atoms with Crippen LogP contribution in [0.1, 0.15) is 46.0 Å². The van der Waals surface area contributed by atoms with Crippen molar-refractivity contribution in [1.29, 1.82) is 0 Å². The number of ether oxygens (including phenoxy) is 1. The first-order valence-corrected chi connectivity index (χ1v) is 7.39. The van der Waals surface area contributed by atoms with Crippen molar-refractivity contribution in [2.75, 3.05) is 0 Å². The predicted molar refractivity (Wildman–Crippen MR) is 71.4 cm³/mol. The number of carbonyl (C=O) groups excluding carboxylic acids is 2. The van der Waals surface area contributed by atoms with E-state index in [1.807, 2.05) is 6.92 Å². The van der Waals surface area contributed by atoms with Gasteiger partial charge in [-0.05, 0) is 42.6 Å². The van der Waals surface area contributed by atoms with Gasteiger partial charge in [-0.3, -0.25) is 9.59 Å². The number of rotatable bonds is 1. The predicted octanol–water partition coefficient (Wildman–Crippen LogP) is 2.89. The summed E-state index contributed by atoms with van der Waals surface area (Å²) in [6.07, 6.45) is 4.22. The van der Waals surface area contributed by atoms with E-state index >= 15 is 0 Å². The lowest BCUT2D eigenvalue weighted by Gasteiger charge is -2.49. The molecule has 0 aromatic rings. The summed E-state index contributed by atoms with van der Waals surface area (Å²) < 4.78 is 5.59. The van der Waals surface area contributed by atoms with Crippen molar-refractivity contribution in [2.45, 2.75) is 52.1 Å². The summed E-state index contributed by atoms with van der Waals surface area (Å²) in [7, 11) is 0. The molecular formula is C16H22O3. The quantitative estimate of drug-likeness (QED) is 0.539. The van der Waals surface area contributed by atoms with Gasteiger partial charge in [0.2, 0.25) is 0 Å². The molecule has 3 nitrogen and oxygen atoms in total. The largest absolute Gasteiger partial charge is 0.462 e. The molecule has 5 atom stereocenters. The molecule has 104 valence electrons. The lowest BCUT2D eigenvalue weighted by Crippen LogP contribution is -2.46. The van der Waals surface area contributed by atoms with Gasteiger partial charge in [0.25, 0.3) is 0 Å². The molecule has 3 aliphatic rings. The fraction of sp³-hybridized carbons (Fsp3) is 0.750. The highest BCUT2D eigenvalue weighted by Gasteiger charge is 2.55. The maximum absolute atomic E-state index is 11.9. The van der Waals surface area contributed by atoms with Crippen LogP contribution in [0.3, 0.4) is 0 Å². The third-order valence-electron chi connectivity index (χ3n) is 5.72. The molecule has 3 heteroatoms. The van der Waals surface area contributed by atoms with E-state index < -0.39 is 0 Å². The van der Waals surface area contributed by atoms with Crippen LogP contribution in [-0.2, 0) is 14.3 Å². The van der Waals surface area contributed by atoms with Crippen LogP contribution in [0.15, 0.2) is 12.2 Å². The van der Waals surface area contributed by atoms with Crippen LogP contribution in [0.5, 0.6) is 0 Å². The second kappa shape index (κ2) is 4.19. The van der Waals surface area contributed by atoms with Gasteiger partial charge >= 0.3 is 5.97 Å². The zero-order valence-electron chi connectivity index (χ0n) is 11.8. The van der Waals surface area contributed by atoms with Crippen molar-refractivity contribution < 1.29 is 14.3 Å². The molecule has 2 aliphatic carbocycles. The maximum atomic E-state index is 11.9. The lowest BCUT2D eigenvalue weighted by molar-refractivity contribution is -0.146. The number of hydrogen-bond donors (Lipinski definition) is 0. The molecule has 0 unspecified atom stereocenters. The Kier molecular flexibility index (Phi) is 2.84. The SMILES string of the molecule is C=C1C(=O)CC[C@]2(C)C[C@H]3OC(=O)[C@@H](CC)[C@H]3C[C@@H]12. The second-order valence-corrected chi connectivity index (χ2v) is 6.75. The van der Waals surface area contributed by atoms with E-state index in [1.54, 1.807) is 0 Å². The molecule has 0 bridgehead atoms. The number of Topliss-reactive ketones (excluding diaryl/α,β-unsaturated/α-hetero) is 1. The van der Waals surface area contributed by atoms with Crippen molar-refractivity contribution >= 4 is 11.8 Å². The van der Waals surface area contributed by atoms with Crippen molar-refractivity contribution in [2.24, 2.45) is 23.2 Å². The summed E-state index contributed by atoms with van der Waals surface area (Å²) in [5.74, 6) is 0.757. The third-order valence-corrected chi connectivity index (χ3v) is 5.72. The van der Waals surface area contributed by atoms with Crippen LogP contribution in [0.25, 0.3) is 0 Å². The molecule has 0 spiro atoms. The summed E-state index contributed by atoms with van der Waals surface area (Å²) in [5.41, 5.74) is 0.885. The topological polar surface area (TPSA) is 43.4 Å². The normalized spacial score (nSPS) is 45.7. The first-order valence-electron chi connectivity index (χ1n) is 7.39. The second-order valence-electron chi connectivity index (χ2n) is 6.75. The summed E-state index contributed by atoms with van der Waals surface area (Å²) in [5, 5.41) is 0. The van der Waals surface area contributed by atoms with Gasteiger partial charge in [0.1, 0.15) is 6.10 Å². The fourth-order valence-electron chi connectivity index (χ4n) is 4.49. The molecule has 1 heterocycles. The number of esters is 1. The first-order chi connectivity index (χ1) is 8.96. The molecule has 2 saturated carbocycles. The van der Waals surface area contributed by atoms with Gasteiger partial charge < -0.3 is 4.74 Å². The summed E-state index contributed by atoms with van der Waals surface area (Å²) >= 11 is 0. The van der Waals surface area contributed by atoms with Gasteiger partial charge in [-0.15, -0.1) is 0 Å². The summed E-state index contributed by atoms with van der Waals surface area (Å²) in [4.78, 5) is 23.8. The minimum atomic E-state index is -0.0308. The van der Waals surface area contributed by atoms with Gasteiger partial charge in [-0.2, -0.15) is 0 Å². The molecular weight excluding hydrogens is 240 g/mol. The Labute approximate surface area is 114 Å². The van der Waals surface area contributed by atoms with Crippen molar-refractivity contribution in [3.05, 3.63) is 12.2 Å². The number of ketones is 1. The lowest BCUT2D eigenvalue weighted by atomic mass is 9.55. The van der Waals surface area contributed by atoms with E-state index in [1.165, 1.54) is 0 Å². The molecule has 0 aromatic heterocycles. The monoisotopic (exact) mass is 262 g/mol. The van der Waals surface area contributed by atoms with Crippen molar-refractivity contribution in [1.82, 2.24) is 0 Å². The summed E-state index contributed by atoms with van der Waals surface area (Å²) in [6, 6.07) is 0. The molecule has 0 aromatic carbocycles. The zero-order valence-corrected chi connectivity index (χ0v) is 11.8. The molecule has 3 rings (SSSR count). The number of allylic oxidation sites excluding steroid dienone is 1. The van der Waals surface area contributed by atoms with Crippen LogP contribution in [0, 0.1) is 23.2 Å². The minimum Gasteiger partial charge on any atom is -0.462 e. The van der Waals surface area contributed by atoms with E-state index in [-0.39, 0.29) is 35.1 Å². The van der Waals surface area contributed by atoms with Crippen LogP contribution in [0.2, 0.25) is 0 Å². The van der Waals surface area contributed by atoms with Crippen LogP contribution in [0.4, 0.5) is 0 Å². The smallest absolute Gasteiger partial charge is 0.309 e. The van der Waals surface area contributed by atoms with Gasteiger partial charge in [0.15, 0.2) is 5.78 Å². The Balaban J connectivity index is 1.90. The van der Waals surface area contributed by atoms with Crippen molar-refractivity contribution in [3.63, 3.8) is 0 Å². The zero-order chi connectivity index (χ0) is 13.8. The minimum absolute atomic E-state index is 0.0272. The van der Waals surface area contributed by atoms with E-state index in [0.29, 0.717) is 12.3 Å². The summed E-state index contributed by atoms with van der Waals surface area (Å²) in [6.45, 7) is 8.31. The third kappa shape index (κ3) is 1.78. The Morgan fingerprint density at radius 2 is 2.16 bits per heavy atom. The molecule has 0 amide bonds. The highest BCUT2D eigenvalue weighted by molar-refractivity contribution is 5.96. The van der Waals surface area contributed by atoms with Crippen LogP contribution < -0.4 is 0 Å². The molecule has 0 radical (unpaired) electrons. The van der Waals surface area contributed by atoms with E-state index in [2.05, 4.69) is 13.5 Å². The average molecular weight is 262 g/mol. The van der Waals surface area contributed by atoms with Gasteiger partial charge in [0, 0.05) is 12.3 Å². The molecule has 1 saturated heterocycles. The first kappa shape index (κ1) is 12.9. The van der Waals surface area contributed by atoms with Gasteiger partial charge in [0.05, 0.1) is 5.92 Å². The van der Waals surface area contributed by atoms with Gasteiger partial charge in [-0.25, -0.2) is 0 Å². The van der Waals surface area contributed by atoms with E-state index in [9.17, 15) is 9.59 Å². The van der Waals surface area contributed by atoms with Crippen molar-refractivity contribution in [3.8, 4) is 0 Å². The van der Waals surface area contributed by atoms with E-state index in [4.69, 9.17) is 4.74 Å². The highest BCUT2D eigenvalue weighted by atomic mass is 16.6. The Morgan fingerprint density at radius 3 is 2.84 bits per heavy atom. The number of carbonyl (C=O) groups is 2. The Bertz CT molecular complexity index is 453. The molecule has 3 fully saturated rings. The molecule has 19 heavy (non-hydrogen) atoms.